The molecule has 1 aromatic rings. The second kappa shape index (κ2) is 5.55. The maximum absolute atomic E-state index is 13.3. The number of allylic oxidation sites excluding steroid dienone is 2. The van der Waals surface area contributed by atoms with E-state index in [4.69, 9.17) is 0 Å². The molecule has 0 bridgehead atoms. The minimum Gasteiger partial charge on any atom is -0.274 e. The molecule has 0 N–H and O–H groups in total. The van der Waals surface area contributed by atoms with Crippen molar-refractivity contribution in [2.45, 2.75) is 51.9 Å². The maximum atomic E-state index is 13.3. The molecule has 1 aliphatic heterocycles. The molecule has 4 atom stereocenters. The fourth-order valence-electron chi connectivity index (χ4n) is 6.03. The molecular formula is C22H25NO2. The Morgan fingerprint density at radius 1 is 0.880 bits per heavy atom. The number of anilines is 1. The zero-order chi connectivity index (χ0) is 17.1. The maximum Gasteiger partial charge on any atom is 0.238 e. The normalized spacial score (nSPS) is 33.7. The number of imide groups is 1. The predicted octanol–water partition coefficient (Wildman–Crippen LogP) is 4.27. The highest BCUT2D eigenvalue weighted by Crippen LogP contribution is 2.57. The van der Waals surface area contributed by atoms with Crippen molar-refractivity contribution in [2.75, 3.05) is 4.90 Å². The van der Waals surface area contributed by atoms with Crippen LogP contribution in [0.4, 0.5) is 5.69 Å². The molecule has 0 unspecified atom stereocenters. The van der Waals surface area contributed by atoms with E-state index in [0.29, 0.717) is 11.8 Å². The Labute approximate surface area is 149 Å². The summed E-state index contributed by atoms with van der Waals surface area (Å²) in [5, 5.41) is 0. The van der Waals surface area contributed by atoms with Gasteiger partial charge >= 0.3 is 0 Å². The molecule has 0 radical (unpaired) electrons. The zero-order valence-electron chi connectivity index (χ0n) is 14.8. The Kier molecular flexibility index (Phi) is 3.41. The number of hydrogen-bond donors (Lipinski definition) is 0. The largest absolute Gasteiger partial charge is 0.274 e. The van der Waals surface area contributed by atoms with Crippen LogP contribution in [0.5, 0.6) is 0 Å². The molecule has 2 amide bonds. The van der Waals surface area contributed by atoms with Gasteiger partial charge in [-0.05, 0) is 74.5 Å². The topological polar surface area (TPSA) is 37.4 Å². The third kappa shape index (κ3) is 2.04. The Balaban J connectivity index is 1.56. The smallest absolute Gasteiger partial charge is 0.238 e. The molecule has 1 heterocycles. The van der Waals surface area contributed by atoms with Crippen molar-refractivity contribution in [2.24, 2.45) is 23.7 Å². The third-order valence-corrected chi connectivity index (χ3v) is 7.10. The van der Waals surface area contributed by atoms with Crippen LogP contribution < -0.4 is 4.90 Å². The van der Waals surface area contributed by atoms with E-state index in [1.165, 1.54) is 23.3 Å². The molecular weight excluding hydrogens is 310 g/mol. The van der Waals surface area contributed by atoms with E-state index in [-0.39, 0.29) is 23.7 Å². The highest BCUT2D eigenvalue weighted by atomic mass is 16.2. The van der Waals surface area contributed by atoms with Crippen LogP contribution in [0.25, 0.3) is 0 Å². The Bertz CT molecular complexity index is 734. The molecule has 25 heavy (non-hydrogen) atoms. The average Bonchev–Trinajstić information content (AvgIpc) is 3.33. The van der Waals surface area contributed by atoms with Gasteiger partial charge in [0, 0.05) is 0 Å². The molecule has 3 heteroatoms. The van der Waals surface area contributed by atoms with Crippen LogP contribution in [0.1, 0.15) is 51.0 Å². The van der Waals surface area contributed by atoms with Gasteiger partial charge in [0.05, 0.1) is 17.5 Å². The van der Waals surface area contributed by atoms with Gasteiger partial charge < -0.3 is 0 Å². The molecule has 0 aromatic heterocycles. The van der Waals surface area contributed by atoms with Crippen LogP contribution in [-0.4, -0.2) is 11.8 Å². The van der Waals surface area contributed by atoms with Crippen molar-refractivity contribution in [3.8, 4) is 0 Å². The van der Waals surface area contributed by atoms with Gasteiger partial charge in [-0.25, -0.2) is 0 Å². The first-order chi connectivity index (χ1) is 12.2. The van der Waals surface area contributed by atoms with E-state index in [2.05, 4.69) is 6.92 Å². The Hall–Kier alpha value is -1.90. The number of carbonyl (C=O) groups excluding carboxylic acids is 2. The van der Waals surface area contributed by atoms with Gasteiger partial charge in [0.25, 0.3) is 0 Å². The van der Waals surface area contributed by atoms with Gasteiger partial charge in [-0.3, -0.25) is 14.5 Å². The fraction of sp³-hybridized carbons (Fsp3) is 0.545. The summed E-state index contributed by atoms with van der Waals surface area (Å²) in [5.41, 5.74) is 5.12. The van der Waals surface area contributed by atoms with E-state index in [1.807, 2.05) is 24.3 Å². The molecule has 5 rings (SSSR count). The van der Waals surface area contributed by atoms with Gasteiger partial charge in [0.15, 0.2) is 0 Å². The summed E-state index contributed by atoms with van der Waals surface area (Å²) in [6.07, 6.45) is 7.84. The van der Waals surface area contributed by atoms with Crippen molar-refractivity contribution in [1.82, 2.24) is 0 Å². The lowest BCUT2D eigenvalue weighted by Gasteiger charge is -2.34. The number of aryl methyl sites for hydroxylation is 1. The van der Waals surface area contributed by atoms with Gasteiger partial charge in [0.1, 0.15) is 0 Å². The summed E-state index contributed by atoms with van der Waals surface area (Å²) >= 11 is 0. The van der Waals surface area contributed by atoms with Gasteiger partial charge in [-0.15, -0.1) is 0 Å². The summed E-state index contributed by atoms with van der Waals surface area (Å²) in [7, 11) is 0. The lowest BCUT2D eigenvalue weighted by atomic mass is 9.66. The molecule has 2 saturated carbocycles. The van der Waals surface area contributed by atoms with Gasteiger partial charge in [0.2, 0.25) is 11.8 Å². The van der Waals surface area contributed by atoms with Crippen molar-refractivity contribution in [1.29, 1.82) is 0 Å². The molecule has 1 aromatic carbocycles. The summed E-state index contributed by atoms with van der Waals surface area (Å²) in [4.78, 5) is 28.2. The van der Waals surface area contributed by atoms with Crippen molar-refractivity contribution in [3.05, 3.63) is 41.0 Å². The summed E-state index contributed by atoms with van der Waals surface area (Å²) in [6.45, 7) is 2.12. The first kappa shape index (κ1) is 15.4. The minimum atomic E-state index is -0.0947. The monoisotopic (exact) mass is 335 g/mol. The summed E-state index contributed by atoms with van der Waals surface area (Å²) < 4.78 is 0. The van der Waals surface area contributed by atoms with Crippen LogP contribution in [-0.2, 0) is 16.0 Å². The second-order valence-corrected chi connectivity index (χ2v) is 8.13. The van der Waals surface area contributed by atoms with Crippen LogP contribution in [0.15, 0.2) is 35.4 Å². The highest BCUT2D eigenvalue weighted by molar-refractivity contribution is 6.22. The lowest BCUT2D eigenvalue weighted by Crippen LogP contribution is -2.35. The molecule has 0 spiro atoms. The van der Waals surface area contributed by atoms with Crippen molar-refractivity contribution < 1.29 is 9.59 Å². The quantitative estimate of drug-likeness (QED) is 0.598. The fourth-order valence-corrected chi connectivity index (χ4v) is 6.03. The number of nitrogens with zero attached hydrogens (tertiary/aromatic N) is 1. The van der Waals surface area contributed by atoms with E-state index in [9.17, 15) is 9.59 Å². The Morgan fingerprint density at radius 3 is 1.88 bits per heavy atom. The zero-order valence-corrected chi connectivity index (χ0v) is 14.8. The highest BCUT2D eigenvalue weighted by Gasteiger charge is 2.59. The average molecular weight is 335 g/mol. The number of rotatable bonds is 2. The molecule has 4 aliphatic rings. The minimum absolute atomic E-state index is 0.0644. The number of hydrogen-bond acceptors (Lipinski definition) is 2. The van der Waals surface area contributed by atoms with Crippen LogP contribution in [0.3, 0.4) is 0 Å². The first-order valence-electron chi connectivity index (χ1n) is 9.89. The van der Waals surface area contributed by atoms with Crippen molar-refractivity contribution >= 4 is 17.5 Å². The molecule has 3 aliphatic carbocycles. The van der Waals surface area contributed by atoms with E-state index < -0.39 is 0 Å². The van der Waals surface area contributed by atoms with E-state index in [0.717, 1.165) is 37.8 Å². The third-order valence-electron chi connectivity index (χ3n) is 7.10. The molecule has 3 fully saturated rings. The SMILES string of the molecule is CCc1ccc(N2C(=O)[C@@H]3[C@H](C2=O)[C@H]2CCCC2=C2CCC[C@H]23)cc1. The van der Waals surface area contributed by atoms with Crippen LogP contribution in [0, 0.1) is 23.7 Å². The van der Waals surface area contributed by atoms with E-state index >= 15 is 0 Å². The second-order valence-electron chi connectivity index (χ2n) is 8.13. The van der Waals surface area contributed by atoms with Crippen LogP contribution >= 0.6 is 0 Å². The number of amides is 2. The number of benzene rings is 1. The first-order valence-corrected chi connectivity index (χ1v) is 9.89. The lowest BCUT2D eigenvalue weighted by molar-refractivity contribution is -0.122. The van der Waals surface area contributed by atoms with Gasteiger partial charge in [-0.1, -0.05) is 30.2 Å². The molecule has 130 valence electrons. The standard InChI is InChI=1S/C22H25NO2/c1-2-13-9-11-14(12-10-13)23-21(24)19-17-7-3-5-15(17)16-6-4-8-18(16)20(19)22(23)25/h9-12,17-20H,2-8H2,1H3/t17-,18+,19+,20-. The number of fused-ring (bicyclic) bond motifs is 5. The number of carbonyl (C=O) groups is 2. The van der Waals surface area contributed by atoms with Gasteiger partial charge in [-0.2, -0.15) is 0 Å². The molecule has 3 nitrogen and oxygen atoms in total. The predicted molar refractivity (Wildman–Crippen MR) is 97.0 cm³/mol. The van der Waals surface area contributed by atoms with Crippen molar-refractivity contribution in [3.63, 3.8) is 0 Å². The molecule has 1 saturated heterocycles. The summed E-state index contributed by atoms with van der Waals surface area (Å²) in [6, 6.07) is 7.98. The van der Waals surface area contributed by atoms with E-state index in [1.54, 1.807) is 11.1 Å². The van der Waals surface area contributed by atoms with Crippen LogP contribution in [0.2, 0.25) is 0 Å². The summed E-state index contributed by atoms with van der Waals surface area (Å²) in [5.74, 6) is 0.617. The Morgan fingerprint density at radius 2 is 1.40 bits per heavy atom.